The zero-order valence-corrected chi connectivity index (χ0v) is 14.2. The molecule has 0 aromatic heterocycles. The van der Waals surface area contributed by atoms with Crippen LogP contribution in [0.25, 0.3) is 0 Å². The third kappa shape index (κ3) is 6.36. The normalized spacial score (nSPS) is 10.9. The van der Waals surface area contributed by atoms with E-state index in [9.17, 15) is 18.0 Å². The molecule has 8 nitrogen and oxygen atoms in total. The number of amides is 1. The lowest BCUT2D eigenvalue weighted by atomic mass is 10.2. The van der Waals surface area contributed by atoms with Crippen LogP contribution in [0, 0.1) is 11.3 Å². The van der Waals surface area contributed by atoms with E-state index < -0.39 is 28.5 Å². The molecule has 0 heterocycles. The van der Waals surface area contributed by atoms with Gasteiger partial charge in [-0.05, 0) is 32.0 Å². The van der Waals surface area contributed by atoms with Gasteiger partial charge in [-0.2, -0.15) is 5.26 Å². The van der Waals surface area contributed by atoms with Crippen molar-refractivity contribution >= 4 is 21.9 Å². The van der Waals surface area contributed by atoms with Gasteiger partial charge in [0, 0.05) is 12.6 Å². The third-order valence-electron chi connectivity index (χ3n) is 2.66. The first-order chi connectivity index (χ1) is 11.3. The first kappa shape index (κ1) is 19.6. The largest absolute Gasteiger partial charge is 0.452 e. The van der Waals surface area contributed by atoms with Crippen molar-refractivity contribution in [1.29, 1.82) is 5.26 Å². The van der Waals surface area contributed by atoms with Gasteiger partial charge >= 0.3 is 5.97 Å². The fourth-order valence-corrected chi connectivity index (χ4v) is 2.99. The van der Waals surface area contributed by atoms with Crippen molar-refractivity contribution in [3.8, 4) is 6.07 Å². The summed E-state index contributed by atoms with van der Waals surface area (Å²) in [4.78, 5) is 23.2. The highest BCUT2D eigenvalue weighted by Crippen LogP contribution is 2.13. The quantitative estimate of drug-likeness (QED) is 0.519. The van der Waals surface area contributed by atoms with E-state index >= 15 is 0 Å². The van der Waals surface area contributed by atoms with E-state index in [1.54, 1.807) is 13.8 Å². The summed E-state index contributed by atoms with van der Waals surface area (Å²) in [6.07, 6.45) is 0.155. The fraction of sp³-hybridized carbons (Fsp3) is 0.400. The fourth-order valence-electron chi connectivity index (χ4n) is 1.69. The number of esters is 1. The molecule has 2 N–H and O–H groups in total. The van der Waals surface area contributed by atoms with Crippen molar-refractivity contribution in [3.05, 3.63) is 29.8 Å². The first-order valence-corrected chi connectivity index (χ1v) is 8.67. The topological polar surface area (TPSA) is 125 Å². The maximum absolute atomic E-state index is 12.1. The lowest BCUT2D eigenvalue weighted by Gasteiger charge is -2.10. The molecule has 0 aliphatic rings. The van der Waals surface area contributed by atoms with Gasteiger partial charge in [0.15, 0.2) is 6.61 Å². The van der Waals surface area contributed by atoms with Crippen molar-refractivity contribution < 1.29 is 22.7 Å². The van der Waals surface area contributed by atoms with Crippen LogP contribution in [-0.2, 0) is 19.6 Å². The minimum Gasteiger partial charge on any atom is -0.452 e. The second kappa shape index (κ2) is 9.00. The molecule has 0 radical (unpaired) electrons. The zero-order chi connectivity index (χ0) is 18.2. The second-order valence-corrected chi connectivity index (χ2v) is 6.85. The number of nitriles is 1. The van der Waals surface area contributed by atoms with E-state index in [-0.39, 0.29) is 29.5 Å². The molecule has 0 saturated carbocycles. The molecular weight excluding hydrogens is 334 g/mol. The minimum atomic E-state index is -3.73. The summed E-state index contributed by atoms with van der Waals surface area (Å²) in [6.45, 7) is 3.02. The van der Waals surface area contributed by atoms with Crippen molar-refractivity contribution in [1.82, 2.24) is 10.0 Å². The highest BCUT2D eigenvalue weighted by atomic mass is 32.2. The average Bonchev–Trinajstić information content (AvgIpc) is 2.52. The van der Waals surface area contributed by atoms with Crippen molar-refractivity contribution in [2.75, 3.05) is 13.2 Å². The van der Waals surface area contributed by atoms with Gasteiger partial charge in [-0.1, -0.05) is 6.07 Å². The number of hydrogen-bond acceptors (Lipinski definition) is 6. The molecule has 1 rings (SSSR count). The molecule has 0 unspecified atom stereocenters. The molecule has 1 aromatic rings. The Bertz CT molecular complexity index is 738. The zero-order valence-electron chi connectivity index (χ0n) is 13.4. The number of benzene rings is 1. The Hall–Kier alpha value is -2.44. The highest BCUT2D eigenvalue weighted by Gasteiger charge is 2.18. The maximum Gasteiger partial charge on any atom is 0.338 e. The number of nitrogens with zero attached hydrogens (tertiary/aromatic N) is 1. The molecule has 24 heavy (non-hydrogen) atoms. The SMILES string of the molecule is CC(C)NS(=O)(=O)c1cccc(C(=O)OCC(=O)NCCC#N)c1. The van der Waals surface area contributed by atoms with Gasteiger partial charge in [0.1, 0.15) is 0 Å². The van der Waals surface area contributed by atoms with Crippen LogP contribution in [0.5, 0.6) is 0 Å². The molecule has 0 fully saturated rings. The Kier molecular flexibility index (Phi) is 7.35. The summed E-state index contributed by atoms with van der Waals surface area (Å²) in [7, 11) is -3.73. The van der Waals surface area contributed by atoms with Gasteiger partial charge in [0.05, 0.1) is 22.9 Å². The van der Waals surface area contributed by atoms with Gasteiger partial charge in [-0.25, -0.2) is 17.9 Å². The van der Waals surface area contributed by atoms with E-state index in [0.717, 1.165) is 0 Å². The number of hydrogen-bond donors (Lipinski definition) is 2. The molecule has 0 bridgehead atoms. The molecule has 1 aromatic carbocycles. The molecule has 130 valence electrons. The van der Waals surface area contributed by atoms with Gasteiger partial charge in [-0.15, -0.1) is 0 Å². The van der Waals surface area contributed by atoms with E-state index in [4.69, 9.17) is 10.00 Å². The number of carbonyl (C=O) groups is 2. The molecular formula is C15H19N3O5S. The maximum atomic E-state index is 12.1. The molecule has 1 amide bonds. The van der Waals surface area contributed by atoms with E-state index in [2.05, 4.69) is 10.0 Å². The van der Waals surface area contributed by atoms with Crippen LogP contribution < -0.4 is 10.0 Å². The average molecular weight is 353 g/mol. The monoisotopic (exact) mass is 353 g/mol. The Morgan fingerprint density at radius 3 is 2.67 bits per heavy atom. The number of carbonyl (C=O) groups excluding carboxylic acids is 2. The van der Waals surface area contributed by atoms with E-state index in [1.165, 1.54) is 24.3 Å². The highest BCUT2D eigenvalue weighted by molar-refractivity contribution is 7.89. The van der Waals surface area contributed by atoms with Crippen LogP contribution in [0.15, 0.2) is 29.2 Å². The number of ether oxygens (including phenoxy) is 1. The van der Waals surface area contributed by atoms with Crippen LogP contribution in [-0.4, -0.2) is 39.5 Å². The van der Waals surface area contributed by atoms with Gasteiger partial charge in [0.2, 0.25) is 10.0 Å². The van der Waals surface area contributed by atoms with Crippen LogP contribution in [0.1, 0.15) is 30.6 Å². The van der Waals surface area contributed by atoms with Crippen molar-refractivity contribution in [3.63, 3.8) is 0 Å². The van der Waals surface area contributed by atoms with Crippen LogP contribution in [0.4, 0.5) is 0 Å². The van der Waals surface area contributed by atoms with E-state index in [0.29, 0.717) is 0 Å². The Balaban J connectivity index is 2.71. The molecule has 0 aliphatic heterocycles. The van der Waals surface area contributed by atoms with Crippen LogP contribution in [0.3, 0.4) is 0 Å². The smallest absolute Gasteiger partial charge is 0.338 e. The number of nitrogens with one attached hydrogen (secondary N) is 2. The minimum absolute atomic E-state index is 0.0199. The lowest BCUT2D eigenvalue weighted by molar-refractivity contribution is -0.124. The predicted octanol–water partition coefficient (Wildman–Crippen LogP) is 0.560. The van der Waals surface area contributed by atoms with Gasteiger partial charge in [0.25, 0.3) is 5.91 Å². The predicted molar refractivity (Wildman–Crippen MR) is 85.4 cm³/mol. The summed E-state index contributed by atoms with van der Waals surface area (Å²) in [5, 5.41) is 10.8. The summed E-state index contributed by atoms with van der Waals surface area (Å²) < 4.78 is 31.4. The van der Waals surface area contributed by atoms with Crippen LogP contribution >= 0.6 is 0 Å². The Morgan fingerprint density at radius 1 is 1.33 bits per heavy atom. The Morgan fingerprint density at radius 2 is 2.04 bits per heavy atom. The van der Waals surface area contributed by atoms with Gasteiger partial charge in [-0.3, -0.25) is 4.79 Å². The molecule has 0 saturated heterocycles. The molecule has 0 atom stereocenters. The first-order valence-electron chi connectivity index (χ1n) is 7.19. The van der Waals surface area contributed by atoms with Crippen LogP contribution in [0.2, 0.25) is 0 Å². The summed E-state index contributed by atoms with van der Waals surface area (Å²) in [5.41, 5.74) is 0.0199. The molecule has 9 heteroatoms. The van der Waals surface area contributed by atoms with Crippen molar-refractivity contribution in [2.24, 2.45) is 0 Å². The summed E-state index contributed by atoms with van der Waals surface area (Å²) in [5.74, 6) is -1.35. The van der Waals surface area contributed by atoms with Gasteiger partial charge < -0.3 is 10.1 Å². The van der Waals surface area contributed by atoms with Crippen molar-refractivity contribution in [2.45, 2.75) is 31.2 Å². The second-order valence-electron chi connectivity index (χ2n) is 5.14. The van der Waals surface area contributed by atoms with E-state index in [1.807, 2.05) is 6.07 Å². The standard InChI is InChI=1S/C15H19N3O5S/c1-11(2)18-24(21,22)13-6-3-5-12(9-13)15(20)23-10-14(19)17-8-4-7-16/h3,5-6,9,11,18H,4,8,10H2,1-2H3,(H,17,19). The summed E-state index contributed by atoms with van der Waals surface area (Å²) in [6, 6.07) is 6.92. The number of sulfonamides is 1. The third-order valence-corrected chi connectivity index (χ3v) is 4.32. The lowest BCUT2D eigenvalue weighted by Crippen LogP contribution is -2.30. The summed E-state index contributed by atoms with van der Waals surface area (Å²) >= 11 is 0. The Labute approximate surface area is 140 Å². The molecule has 0 spiro atoms. The number of rotatable bonds is 8. The molecule has 0 aliphatic carbocycles.